The zero-order chi connectivity index (χ0) is 16.1. The van der Waals surface area contributed by atoms with E-state index < -0.39 is 23.8 Å². The van der Waals surface area contributed by atoms with Gasteiger partial charge in [0.05, 0.1) is 6.61 Å². The van der Waals surface area contributed by atoms with Crippen LogP contribution in [0.5, 0.6) is 0 Å². The highest BCUT2D eigenvalue weighted by Crippen LogP contribution is 2.21. The molecule has 2 rings (SSSR count). The highest BCUT2D eigenvalue weighted by Gasteiger charge is 2.27. The number of aliphatic carboxylic acids is 1. The van der Waals surface area contributed by atoms with Crippen LogP contribution in [-0.2, 0) is 16.0 Å². The van der Waals surface area contributed by atoms with Gasteiger partial charge in [0, 0.05) is 6.04 Å². The van der Waals surface area contributed by atoms with E-state index in [0.29, 0.717) is 0 Å². The standard InChI is InChI=1S/C17H19NO4/c1-11(10-19)18-16(20)15(17(21)22)9-13-7-4-6-12-5-2-3-8-14(12)13/h2-8,11,15,19H,9-10H2,1H3,(H,18,20)(H,21,22)/t11-,15-/m0/s1. The third-order valence-corrected chi connectivity index (χ3v) is 3.58. The molecule has 0 radical (unpaired) electrons. The monoisotopic (exact) mass is 301 g/mol. The largest absolute Gasteiger partial charge is 0.481 e. The van der Waals surface area contributed by atoms with Gasteiger partial charge in [0.2, 0.25) is 5.91 Å². The summed E-state index contributed by atoms with van der Waals surface area (Å²) in [7, 11) is 0. The number of rotatable bonds is 6. The zero-order valence-electron chi connectivity index (χ0n) is 12.3. The van der Waals surface area contributed by atoms with Crippen molar-refractivity contribution in [1.82, 2.24) is 5.32 Å². The number of fused-ring (bicyclic) bond motifs is 1. The van der Waals surface area contributed by atoms with Crippen LogP contribution in [0.15, 0.2) is 42.5 Å². The number of carbonyl (C=O) groups is 2. The van der Waals surface area contributed by atoms with E-state index in [1.165, 1.54) is 0 Å². The molecule has 2 atom stereocenters. The number of nitrogens with one attached hydrogen (secondary N) is 1. The van der Waals surface area contributed by atoms with Crippen LogP contribution in [0.2, 0.25) is 0 Å². The van der Waals surface area contributed by atoms with Gasteiger partial charge in [-0.05, 0) is 29.7 Å². The summed E-state index contributed by atoms with van der Waals surface area (Å²) in [5.41, 5.74) is 0.817. The molecule has 0 saturated carbocycles. The number of hydrogen-bond donors (Lipinski definition) is 3. The summed E-state index contributed by atoms with van der Waals surface area (Å²) < 4.78 is 0. The average molecular weight is 301 g/mol. The second-order valence-electron chi connectivity index (χ2n) is 5.33. The first-order chi connectivity index (χ1) is 10.5. The number of amides is 1. The van der Waals surface area contributed by atoms with Gasteiger partial charge >= 0.3 is 5.97 Å². The summed E-state index contributed by atoms with van der Waals surface area (Å²) >= 11 is 0. The first-order valence-corrected chi connectivity index (χ1v) is 7.13. The van der Waals surface area contributed by atoms with Crippen LogP contribution in [0.3, 0.4) is 0 Å². The van der Waals surface area contributed by atoms with Crippen molar-refractivity contribution >= 4 is 22.6 Å². The maximum atomic E-state index is 12.1. The molecule has 2 aromatic carbocycles. The summed E-state index contributed by atoms with van der Waals surface area (Å²) in [5.74, 6) is -2.93. The quantitative estimate of drug-likeness (QED) is 0.707. The van der Waals surface area contributed by atoms with Crippen LogP contribution >= 0.6 is 0 Å². The van der Waals surface area contributed by atoms with Gasteiger partial charge in [-0.15, -0.1) is 0 Å². The fourth-order valence-corrected chi connectivity index (χ4v) is 2.37. The topological polar surface area (TPSA) is 86.6 Å². The Morgan fingerprint density at radius 2 is 1.82 bits per heavy atom. The molecular weight excluding hydrogens is 282 g/mol. The maximum absolute atomic E-state index is 12.1. The number of carboxylic acid groups (broad SMARTS) is 1. The van der Waals surface area contributed by atoms with Crippen molar-refractivity contribution < 1.29 is 19.8 Å². The predicted octanol–water partition coefficient (Wildman–Crippen LogP) is 1.58. The SMILES string of the molecule is C[C@@H](CO)NC(=O)[C@H](Cc1cccc2ccccc12)C(=O)O. The minimum atomic E-state index is -1.18. The van der Waals surface area contributed by atoms with E-state index in [-0.39, 0.29) is 13.0 Å². The van der Waals surface area contributed by atoms with Gasteiger partial charge in [-0.3, -0.25) is 9.59 Å². The molecule has 1 amide bonds. The molecule has 0 aromatic heterocycles. The molecule has 0 aliphatic carbocycles. The van der Waals surface area contributed by atoms with Crippen LogP contribution < -0.4 is 5.32 Å². The van der Waals surface area contributed by atoms with Gasteiger partial charge < -0.3 is 15.5 Å². The molecule has 0 aliphatic rings. The minimum Gasteiger partial charge on any atom is -0.481 e. The number of carboxylic acids is 1. The normalized spacial score (nSPS) is 13.5. The van der Waals surface area contributed by atoms with Crippen molar-refractivity contribution in [3.63, 3.8) is 0 Å². The molecule has 0 aliphatic heterocycles. The lowest BCUT2D eigenvalue weighted by atomic mass is 9.94. The summed E-state index contributed by atoms with van der Waals surface area (Å²) in [6.07, 6.45) is 0.112. The first-order valence-electron chi connectivity index (χ1n) is 7.13. The molecule has 0 unspecified atom stereocenters. The summed E-state index contributed by atoms with van der Waals surface area (Å²) in [6, 6.07) is 12.8. The highest BCUT2D eigenvalue weighted by atomic mass is 16.4. The first kappa shape index (κ1) is 16.0. The van der Waals surface area contributed by atoms with Crippen LogP contribution in [0.25, 0.3) is 10.8 Å². The molecule has 2 aromatic rings. The molecule has 0 fully saturated rings. The predicted molar refractivity (Wildman–Crippen MR) is 83.5 cm³/mol. The van der Waals surface area contributed by atoms with Crippen molar-refractivity contribution in [2.24, 2.45) is 5.92 Å². The lowest BCUT2D eigenvalue weighted by molar-refractivity contribution is -0.147. The Bertz CT molecular complexity index is 678. The molecule has 5 nitrogen and oxygen atoms in total. The lowest BCUT2D eigenvalue weighted by Gasteiger charge is -2.17. The Morgan fingerprint density at radius 1 is 1.14 bits per heavy atom. The third kappa shape index (κ3) is 3.62. The molecule has 0 heterocycles. The van der Waals surface area contributed by atoms with E-state index in [1.54, 1.807) is 6.92 Å². The second-order valence-corrected chi connectivity index (χ2v) is 5.33. The van der Waals surface area contributed by atoms with E-state index in [1.807, 2.05) is 42.5 Å². The molecule has 0 bridgehead atoms. The molecule has 0 saturated heterocycles. The molecule has 116 valence electrons. The summed E-state index contributed by atoms with van der Waals surface area (Å²) in [6.45, 7) is 1.39. The molecule has 3 N–H and O–H groups in total. The number of benzene rings is 2. The second kappa shape index (κ2) is 7.04. The van der Waals surface area contributed by atoms with E-state index in [9.17, 15) is 14.7 Å². The van der Waals surface area contributed by atoms with Gasteiger partial charge in [-0.25, -0.2) is 0 Å². The number of aliphatic hydroxyl groups excluding tert-OH is 1. The van der Waals surface area contributed by atoms with Crippen LogP contribution in [0.1, 0.15) is 12.5 Å². The van der Waals surface area contributed by atoms with Gasteiger partial charge in [0.25, 0.3) is 0 Å². The zero-order valence-corrected chi connectivity index (χ0v) is 12.3. The Labute approximate surface area is 128 Å². The Morgan fingerprint density at radius 3 is 2.50 bits per heavy atom. The minimum absolute atomic E-state index is 0.112. The molecule has 0 spiro atoms. The van der Waals surface area contributed by atoms with Crippen LogP contribution in [0, 0.1) is 5.92 Å². The van der Waals surface area contributed by atoms with E-state index in [2.05, 4.69) is 5.32 Å². The van der Waals surface area contributed by atoms with Crippen molar-refractivity contribution in [2.45, 2.75) is 19.4 Å². The molecule has 22 heavy (non-hydrogen) atoms. The maximum Gasteiger partial charge on any atom is 0.316 e. The molecule has 5 heteroatoms. The fourth-order valence-electron chi connectivity index (χ4n) is 2.37. The van der Waals surface area contributed by atoms with Crippen molar-refractivity contribution in [2.75, 3.05) is 6.61 Å². The van der Waals surface area contributed by atoms with Crippen molar-refractivity contribution in [1.29, 1.82) is 0 Å². The average Bonchev–Trinajstić information content (AvgIpc) is 2.52. The van der Waals surface area contributed by atoms with E-state index in [4.69, 9.17) is 5.11 Å². The van der Waals surface area contributed by atoms with E-state index in [0.717, 1.165) is 16.3 Å². The van der Waals surface area contributed by atoms with Crippen LogP contribution in [-0.4, -0.2) is 34.7 Å². The van der Waals surface area contributed by atoms with Crippen LogP contribution in [0.4, 0.5) is 0 Å². The Balaban J connectivity index is 2.27. The van der Waals surface area contributed by atoms with Crippen molar-refractivity contribution in [3.05, 3.63) is 48.0 Å². The summed E-state index contributed by atoms with van der Waals surface area (Å²) in [4.78, 5) is 23.5. The molecular formula is C17H19NO4. The van der Waals surface area contributed by atoms with E-state index >= 15 is 0 Å². The van der Waals surface area contributed by atoms with Gasteiger partial charge in [-0.2, -0.15) is 0 Å². The van der Waals surface area contributed by atoms with Gasteiger partial charge in [0.1, 0.15) is 5.92 Å². The Kier molecular flexibility index (Phi) is 5.12. The van der Waals surface area contributed by atoms with Crippen molar-refractivity contribution in [3.8, 4) is 0 Å². The lowest BCUT2D eigenvalue weighted by Crippen LogP contribution is -2.42. The summed E-state index contributed by atoms with van der Waals surface area (Å²) in [5, 5.41) is 22.8. The third-order valence-electron chi connectivity index (χ3n) is 3.58. The smallest absolute Gasteiger partial charge is 0.316 e. The highest BCUT2D eigenvalue weighted by molar-refractivity contribution is 5.98. The van der Waals surface area contributed by atoms with Gasteiger partial charge in [0.15, 0.2) is 0 Å². The fraction of sp³-hybridized carbons (Fsp3) is 0.294. The number of aliphatic hydroxyl groups is 1. The van der Waals surface area contributed by atoms with Gasteiger partial charge in [-0.1, -0.05) is 42.5 Å². The number of hydrogen-bond acceptors (Lipinski definition) is 3. The number of carbonyl (C=O) groups excluding carboxylic acids is 1. The Hall–Kier alpha value is -2.40.